The molecule has 0 radical (unpaired) electrons. The van der Waals surface area contributed by atoms with E-state index in [9.17, 15) is 4.39 Å². The Labute approximate surface area is 152 Å². The molecule has 0 amide bonds. The summed E-state index contributed by atoms with van der Waals surface area (Å²) in [7, 11) is 2.05. The van der Waals surface area contributed by atoms with Crippen LogP contribution in [-0.4, -0.2) is 21.4 Å². The van der Waals surface area contributed by atoms with Crippen LogP contribution in [-0.2, 0) is 13.2 Å². The monoisotopic (exact) mass is 357 g/mol. The van der Waals surface area contributed by atoms with Crippen molar-refractivity contribution in [3.8, 4) is 5.69 Å². The molecular weight excluding hydrogens is 335 g/mol. The number of nitrogens with one attached hydrogen (secondary N) is 1. The summed E-state index contributed by atoms with van der Waals surface area (Å²) in [6, 6.07) is 14.9. The second-order valence-corrected chi connectivity index (χ2v) is 6.79. The maximum atomic E-state index is 13.3. The Hall–Kier alpha value is -2.31. The first-order valence-electron chi connectivity index (χ1n) is 8.23. The standard InChI is InChI=1S/C19H21FN4S/c1-14-6-4-9-18(10-14)24-15(2)21-23(19(24)25)13-22(3)12-16-7-5-8-17(20)11-16/h4-11H,12-13H2,1-3H3/p+1. The molecule has 0 aliphatic heterocycles. The van der Waals surface area contributed by atoms with Gasteiger partial charge in [0.25, 0.3) is 0 Å². The van der Waals surface area contributed by atoms with E-state index in [4.69, 9.17) is 12.2 Å². The van der Waals surface area contributed by atoms with Crippen LogP contribution < -0.4 is 4.90 Å². The van der Waals surface area contributed by atoms with Crippen molar-refractivity contribution in [2.24, 2.45) is 0 Å². The predicted octanol–water partition coefficient (Wildman–Crippen LogP) is 2.83. The molecule has 0 spiro atoms. The molecule has 0 saturated heterocycles. The van der Waals surface area contributed by atoms with Crippen molar-refractivity contribution in [3.63, 3.8) is 0 Å². The maximum Gasteiger partial charge on any atom is 0.207 e. The molecule has 3 rings (SSSR count). The Bertz CT molecular complexity index is 945. The third-order valence-electron chi connectivity index (χ3n) is 4.08. The maximum absolute atomic E-state index is 13.3. The molecule has 1 N–H and O–H groups in total. The molecule has 0 saturated carbocycles. The highest BCUT2D eigenvalue weighted by atomic mass is 32.1. The number of hydrogen-bond donors (Lipinski definition) is 1. The zero-order valence-corrected chi connectivity index (χ0v) is 15.5. The zero-order chi connectivity index (χ0) is 18.0. The molecular formula is C19H22FN4S+. The number of halogens is 1. The van der Waals surface area contributed by atoms with Gasteiger partial charge < -0.3 is 4.90 Å². The van der Waals surface area contributed by atoms with Crippen molar-refractivity contribution in [2.45, 2.75) is 27.1 Å². The lowest BCUT2D eigenvalue weighted by molar-refractivity contribution is -0.917. The van der Waals surface area contributed by atoms with Crippen LogP contribution in [0.25, 0.3) is 5.69 Å². The second kappa shape index (κ2) is 7.29. The molecule has 4 nitrogen and oxygen atoms in total. The van der Waals surface area contributed by atoms with Gasteiger partial charge in [-0.25, -0.2) is 4.39 Å². The minimum Gasteiger partial charge on any atom is -0.315 e. The fourth-order valence-corrected chi connectivity index (χ4v) is 3.33. The van der Waals surface area contributed by atoms with Crippen molar-refractivity contribution in [1.82, 2.24) is 14.3 Å². The van der Waals surface area contributed by atoms with E-state index in [0.717, 1.165) is 17.1 Å². The third-order valence-corrected chi connectivity index (χ3v) is 4.47. The normalized spacial score (nSPS) is 12.3. The molecule has 3 aromatic rings. The zero-order valence-electron chi connectivity index (χ0n) is 14.7. The Morgan fingerprint density at radius 2 is 1.88 bits per heavy atom. The minimum atomic E-state index is -0.207. The van der Waals surface area contributed by atoms with Crippen molar-refractivity contribution in [2.75, 3.05) is 7.05 Å². The molecule has 1 heterocycles. The Kier molecular flexibility index (Phi) is 5.11. The molecule has 2 aromatic carbocycles. The summed E-state index contributed by atoms with van der Waals surface area (Å²) in [5.41, 5.74) is 3.16. The molecule has 130 valence electrons. The van der Waals surface area contributed by atoms with Crippen molar-refractivity contribution in [1.29, 1.82) is 0 Å². The van der Waals surface area contributed by atoms with Gasteiger partial charge in [0.1, 0.15) is 18.2 Å². The van der Waals surface area contributed by atoms with Crippen molar-refractivity contribution in [3.05, 3.63) is 76.1 Å². The van der Waals surface area contributed by atoms with E-state index < -0.39 is 0 Å². The van der Waals surface area contributed by atoms with Crippen LogP contribution in [0, 0.1) is 24.4 Å². The Morgan fingerprint density at radius 3 is 2.60 bits per heavy atom. The van der Waals surface area contributed by atoms with Gasteiger partial charge >= 0.3 is 0 Å². The Balaban J connectivity index is 1.82. The molecule has 1 atom stereocenters. The molecule has 0 fully saturated rings. The quantitative estimate of drug-likeness (QED) is 0.711. The van der Waals surface area contributed by atoms with Gasteiger partial charge in [0.2, 0.25) is 4.77 Å². The summed E-state index contributed by atoms with van der Waals surface area (Å²) >= 11 is 5.63. The van der Waals surface area contributed by atoms with Gasteiger partial charge in [0.05, 0.1) is 7.05 Å². The van der Waals surface area contributed by atoms with E-state index in [1.165, 1.54) is 16.5 Å². The fraction of sp³-hybridized carbons (Fsp3) is 0.263. The topological polar surface area (TPSA) is 27.2 Å². The van der Waals surface area contributed by atoms with Crippen LogP contribution in [0.3, 0.4) is 0 Å². The average molecular weight is 357 g/mol. The van der Waals surface area contributed by atoms with Gasteiger partial charge in [-0.15, -0.1) is 0 Å². The SMILES string of the molecule is Cc1cccc(-n2c(C)nn(C[NH+](C)Cc3cccc(F)c3)c2=S)c1. The van der Waals surface area contributed by atoms with Crippen LogP contribution in [0.1, 0.15) is 17.0 Å². The third kappa shape index (κ3) is 4.03. The molecule has 0 aliphatic rings. The van der Waals surface area contributed by atoms with Gasteiger partial charge in [-0.2, -0.15) is 9.78 Å². The highest BCUT2D eigenvalue weighted by molar-refractivity contribution is 7.71. The molecule has 0 bridgehead atoms. The van der Waals surface area contributed by atoms with E-state index in [1.807, 2.05) is 41.4 Å². The van der Waals surface area contributed by atoms with Gasteiger partial charge in [0, 0.05) is 11.3 Å². The van der Waals surface area contributed by atoms with E-state index in [-0.39, 0.29) is 5.82 Å². The highest BCUT2D eigenvalue weighted by Crippen LogP contribution is 2.13. The van der Waals surface area contributed by atoms with Gasteiger partial charge in [0.15, 0.2) is 6.67 Å². The highest BCUT2D eigenvalue weighted by Gasteiger charge is 2.13. The summed E-state index contributed by atoms with van der Waals surface area (Å²) in [5.74, 6) is 0.649. The summed E-state index contributed by atoms with van der Waals surface area (Å²) in [4.78, 5) is 1.18. The minimum absolute atomic E-state index is 0.207. The molecule has 1 aromatic heterocycles. The lowest BCUT2D eigenvalue weighted by Gasteiger charge is -2.13. The smallest absolute Gasteiger partial charge is 0.207 e. The van der Waals surface area contributed by atoms with Crippen molar-refractivity contribution >= 4 is 12.2 Å². The van der Waals surface area contributed by atoms with Gasteiger partial charge in [-0.1, -0.05) is 24.3 Å². The van der Waals surface area contributed by atoms with Crippen LogP contribution in [0.15, 0.2) is 48.5 Å². The predicted molar refractivity (Wildman–Crippen MR) is 98.9 cm³/mol. The van der Waals surface area contributed by atoms with E-state index >= 15 is 0 Å². The van der Waals surface area contributed by atoms with Crippen LogP contribution in [0.4, 0.5) is 4.39 Å². The van der Waals surface area contributed by atoms with E-state index in [2.05, 4.69) is 24.2 Å². The van der Waals surface area contributed by atoms with Gasteiger partial charge in [-0.05, 0) is 55.9 Å². The second-order valence-electron chi connectivity index (χ2n) is 6.43. The number of rotatable bonds is 5. The first-order valence-corrected chi connectivity index (χ1v) is 8.64. The first kappa shape index (κ1) is 17.5. The summed E-state index contributed by atoms with van der Waals surface area (Å²) in [6.07, 6.45) is 0. The van der Waals surface area contributed by atoms with Crippen molar-refractivity contribution < 1.29 is 9.29 Å². The largest absolute Gasteiger partial charge is 0.315 e. The van der Waals surface area contributed by atoms with Gasteiger partial charge in [-0.3, -0.25) is 4.57 Å². The van der Waals surface area contributed by atoms with Crippen LogP contribution in [0.5, 0.6) is 0 Å². The number of aryl methyl sites for hydroxylation is 2. The number of hydrogen-bond acceptors (Lipinski definition) is 2. The molecule has 1 unspecified atom stereocenters. The number of quaternary nitrogens is 1. The number of nitrogens with zero attached hydrogens (tertiary/aromatic N) is 3. The lowest BCUT2D eigenvalue weighted by atomic mass is 10.2. The average Bonchev–Trinajstić information content (AvgIpc) is 2.81. The van der Waals surface area contributed by atoms with Crippen LogP contribution >= 0.6 is 12.2 Å². The number of benzene rings is 2. The number of aromatic nitrogens is 3. The lowest BCUT2D eigenvalue weighted by Crippen LogP contribution is -3.07. The molecule has 6 heteroatoms. The Morgan fingerprint density at radius 1 is 1.12 bits per heavy atom. The molecule has 0 aliphatic carbocycles. The fourth-order valence-electron chi connectivity index (χ4n) is 2.99. The summed E-state index contributed by atoms with van der Waals surface area (Å²) in [6.45, 7) is 5.34. The van der Waals surface area contributed by atoms with E-state index in [1.54, 1.807) is 12.1 Å². The molecule has 25 heavy (non-hydrogen) atoms. The first-order chi connectivity index (χ1) is 11.9. The summed E-state index contributed by atoms with van der Waals surface area (Å²) in [5, 5.41) is 4.60. The summed E-state index contributed by atoms with van der Waals surface area (Å²) < 4.78 is 17.8. The van der Waals surface area contributed by atoms with E-state index in [0.29, 0.717) is 18.0 Å². The van der Waals surface area contributed by atoms with Crippen LogP contribution in [0.2, 0.25) is 0 Å².